The van der Waals surface area contributed by atoms with E-state index < -0.39 is 6.09 Å². The van der Waals surface area contributed by atoms with Crippen LogP contribution in [0.3, 0.4) is 0 Å². The summed E-state index contributed by atoms with van der Waals surface area (Å²) in [5, 5.41) is 12.6. The second-order valence-corrected chi connectivity index (χ2v) is 7.78. The molecule has 0 fully saturated rings. The maximum Gasteiger partial charge on any atom is 0.411 e. The minimum absolute atomic E-state index is 0.393. The van der Waals surface area contributed by atoms with Gasteiger partial charge in [-0.15, -0.1) is 0 Å². The summed E-state index contributed by atoms with van der Waals surface area (Å²) >= 11 is 0. The Labute approximate surface area is 204 Å². The van der Waals surface area contributed by atoms with E-state index in [2.05, 4.69) is 25.3 Å². The summed E-state index contributed by atoms with van der Waals surface area (Å²) in [6.45, 7) is 2.81. The van der Waals surface area contributed by atoms with Gasteiger partial charge in [0.1, 0.15) is 11.6 Å². The molecular formula is C26H27N7O2. The van der Waals surface area contributed by atoms with E-state index >= 15 is 0 Å². The highest BCUT2D eigenvalue weighted by atomic mass is 16.4. The molecule has 4 aromatic rings. The van der Waals surface area contributed by atoms with E-state index in [1.807, 2.05) is 79.5 Å². The lowest BCUT2D eigenvalue weighted by Gasteiger charge is -2.18. The fraction of sp³-hybridized carbons (Fsp3) is 0.192. The maximum absolute atomic E-state index is 11.4. The maximum atomic E-state index is 11.4. The molecule has 0 aliphatic rings. The Morgan fingerprint density at radius 3 is 2.43 bits per heavy atom. The van der Waals surface area contributed by atoms with Gasteiger partial charge in [-0.05, 0) is 43.2 Å². The van der Waals surface area contributed by atoms with Crippen LogP contribution in [0.15, 0.2) is 79.1 Å². The molecule has 0 bridgehead atoms. The van der Waals surface area contributed by atoms with Crippen LogP contribution in [0.5, 0.6) is 0 Å². The molecule has 0 unspecified atom stereocenters. The molecule has 0 radical (unpaired) electrons. The van der Waals surface area contributed by atoms with Crippen LogP contribution >= 0.6 is 0 Å². The molecule has 0 aliphatic carbocycles. The molecular weight excluding hydrogens is 442 g/mol. The van der Waals surface area contributed by atoms with E-state index in [1.165, 1.54) is 4.90 Å². The molecule has 1 amide bonds. The molecule has 0 spiro atoms. The van der Waals surface area contributed by atoms with Gasteiger partial charge < -0.3 is 15.3 Å². The number of hydrogen-bond acceptors (Lipinski definition) is 7. The van der Waals surface area contributed by atoms with Crippen molar-refractivity contribution in [3.05, 3.63) is 84.7 Å². The highest BCUT2D eigenvalue weighted by Gasteiger charge is 2.13. The summed E-state index contributed by atoms with van der Waals surface area (Å²) in [7, 11) is 1.90. The van der Waals surface area contributed by atoms with E-state index in [9.17, 15) is 9.90 Å². The number of benzene rings is 2. The molecule has 35 heavy (non-hydrogen) atoms. The summed E-state index contributed by atoms with van der Waals surface area (Å²) in [6.07, 6.45) is 3.17. The van der Waals surface area contributed by atoms with Crippen molar-refractivity contribution in [2.75, 3.05) is 35.3 Å². The van der Waals surface area contributed by atoms with Crippen LogP contribution in [0, 0.1) is 0 Å². The van der Waals surface area contributed by atoms with Crippen LogP contribution < -0.4 is 15.1 Å². The summed E-state index contributed by atoms with van der Waals surface area (Å²) in [5.41, 5.74) is 2.64. The van der Waals surface area contributed by atoms with Gasteiger partial charge in [-0.1, -0.05) is 42.5 Å². The Balaban J connectivity index is 1.42. The predicted octanol–water partition coefficient (Wildman–Crippen LogP) is 4.86. The predicted molar refractivity (Wildman–Crippen MR) is 137 cm³/mol. The normalized spacial score (nSPS) is 10.6. The van der Waals surface area contributed by atoms with Crippen LogP contribution in [-0.4, -0.2) is 51.3 Å². The van der Waals surface area contributed by atoms with Crippen molar-refractivity contribution in [3.8, 4) is 11.4 Å². The number of nitrogens with one attached hydrogen (secondary N) is 1. The standard InChI is InChI=1S/C26H27N7O2/c1-3-33(26(34)35)21-11-7-8-19(18-21)12-15-28-25-29-17-14-23(31-25)32(2)22-13-16-27-24(30-22)20-9-5-4-6-10-20/h4-11,13-14,16-18H,3,12,15H2,1-2H3,(H,34,35)(H,28,29,31). The summed E-state index contributed by atoms with van der Waals surface area (Å²) in [6, 6.07) is 21.0. The zero-order valence-electron chi connectivity index (χ0n) is 19.7. The van der Waals surface area contributed by atoms with Crippen LogP contribution in [0.4, 0.5) is 28.1 Å². The first-order chi connectivity index (χ1) is 17.0. The van der Waals surface area contributed by atoms with Crippen molar-refractivity contribution >= 4 is 29.4 Å². The fourth-order valence-corrected chi connectivity index (χ4v) is 3.63. The lowest BCUT2D eigenvalue weighted by molar-refractivity contribution is 0.202. The first-order valence-corrected chi connectivity index (χ1v) is 11.3. The Morgan fingerprint density at radius 2 is 1.69 bits per heavy atom. The van der Waals surface area contributed by atoms with Crippen molar-refractivity contribution in [2.45, 2.75) is 13.3 Å². The molecule has 2 N–H and O–H groups in total. The molecule has 9 heteroatoms. The second-order valence-electron chi connectivity index (χ2n) is 7.78. The molecule has 0 saturated carbocycles. The van der Waals surface area contributed by atoms with Crippen LogP contribution in [0.25, 0.3) is 11.4 Å². The third kappa shape index (κ3) is 5.89. The Bertz CT molecular complexity index is 1280. The van der Waals surface area contributed by atoms with Gasteiger partial charge in [0.15, 0.2) is 5.82 Å². The zero-order valence-corrected chi connectivity index (χ0v) is 19.7. The monoisotopic (exact) mass is 469 g/mol. The third-order valence-electron chi connectivity index (χ3n) is 5.47. The molecule has 9 nitrogen and oxygen atoms in total. The number of carboxylic acid groups (broad SMARTS) is 1. The van der Waals surface area contributed by atoms with Crippen molar-refractivity contribution < 1.29 is 9.90 Å². The number of anilines is 4. The molecule has 4 rings (SSSR count). The molecule has 0 saturated heterocycles. The number of nitrogens with zero attached hydrogens (tertiary/aromatic N) is 6. The van der Waals surface area contributed by atoms with Gasteiger partial charge in [0, 0.05) is 43.8 Å². The number of carbonyl (C=O) groups is 1. The van der Waals surface area contributed by atoms with E-state index in [0.29, 0.717) is 42.8 Å². The van der Waals surface area contributed by atoms with Crippen molar-refractivity contribution in [2.24, 2.45) is 0 Å². The van der Waals surface area contributed by atoms with Crippen molar-refractivity contribution in [3.63, 3.8) is 0 Å². The highest BCUT2D eigenvalue weighted by molar-refractivity contribution is 5.86. The topological polar surface area (TPSA) is 107 Å². The van der Waals surface area contributed by atoms with Gasteiger partial charge in [-0.2, -0.15) is 4.98 Å². The molecule has 0 aliphatic heterocycles. The molecule has 0 atom stereocenters. The first kappa shape index (κ1) is 23.6. The first-order valence-electron chi connectivity index (χ1n) is 11.3. The van der Waals surface area contributed by atoms with Crippen LogP contribution in [0.2, 0.25) is 0 Å². The average molecular weight is 470 g/mol. The number of amides is 1. The third-order valence-corrected chi connectivity index (χ3v) is 5.47. The largest absolute Gasteiger partial charge is 0.465 e. The second kappa shape index (κ2) is 11.1. The lowest BCUT2D eigenvalue weighted by Crippen LogP contribution is -2.28. The number of hydrogen-bond donors (Lipinski definition) is 2. The number of rotatable bonds is 9. The van der Waals surface area contributed by atoms with E-state index in [-0.39, 0.29) is 0 Å². The Hall–Kier alpha value is -4.53. The highest BCUT2D eigenvalue weighted by Crippen LogP contribution is 2.23. The molecule has 2 aromatic carbocycles. The van der Waals surface area contributed by atoms with Gasteiger partial charge in [-0.3, -0.25) is 4.90 Å². The molecule has 178 valence electrons. The fourth-order valence-electron chi connectivity index (χ4n) is 3.63. The quantitative estimate of drug-likeness (QED) is 0.358. The van der Waals surface area contributed by atoms with Gasteiger partial charge in [0.25, 0.3) is 0 Å². The zero-order chi connectivity index (χ0) is 24.6. The molecule has 2 heterocycles. The number of aromatic nitrogens is 4. The van der Waals surface area contributed by atoms with Crippen LogP contribution in [-0.2, 0) is 6.42 Å². The van der Waals surface area contributed by atoms with E-state index in [1.54, 1.807) is 18.5 Å². The summed E-state index contributed by atoms with van der Waals surface area (Å²) < 4.78 is 0. The minimum Gasteiger partial charge on any atom is -0.465 e. The van der Waals surface area contributed by atoms with Gasteiger partial charge in [-0.25, -0.2) is 19.7 Å². The minimum atomic E-state index is -0.961. The Morgan fingerprint density at radius 1 is 0.943 bits per heavy atom. The van der Waals surface area contributed by atoms with Gasteiger partial charge in [0.2, 0.25) is 5.95 Å². The smallest absolute Gasteiger partial charge is 0.411 e. The summed E-state index contributed by atoms with van der Waals surface area (Å²) in [5.74, 6) is 2.57. The lowest BCUT2D eigenvalue weighted by atomic mass is 10.1. The Kier molecular flexibility index (Phi) is 7.47. The molecule has 2 aromatic heterocycles. The van der Waals surface area contributed by atoms with Gasteiger partial charge in [0.05, 0.1) is 0 Å². The van der Waals surface area contributed by atoms with Gasteiger partial charge >= 0.3 is 6.09 Å². The summed E-state index contributed by atoms with van der Waals surface area (Å²) in [4.78, 5) is 32.6. The van der Waals surface area contributed by atoms with Crippen molar-refractivity contribution in [1.82, 2.24) is 19.9 Å². The van der Waals surface area contributed by atoms with E-state index in [4.69, 9.17) is 0 Å². The van der Waals surface area contributed by atoms with Crippen LogP contribution in [0.1, 0.15) is 12.5 Å². The average Bonchev–Trinajstić information content (AvgIpc) is 2.89. The van der Waals surface area contributed by atoms with E-state index in [0.717, 1.165) is 16.9 Å². The van der Waals surface area contributed by atoms with Crippen molar-refractivity contribution in [1.29, 1.82) is 0 Å². The SMILES string of the molecule is CCN(C(=O)O)c1cccc(CCNc2nccc(N(C)c3ccnc(-c4ccccc4)n3)n2)c1.